The molecule has 0 saturated carbocycles. The second-order valence-corrected chi connectivity index (χ2v) is 5.08. The van der Waals surface area contributed by atoms with E-state index in [9.17, 15) is 4.79 Å². The van der Waals surface area contributed by atoms with Crippen LogP contribution in [0, 0.1) is 6.92 Å². The fourth-order valence-corrected chi connectivity index (χ4v) is 2.52. The molecule has 104 valence electrons. The van der Waals surface area contributed by atoms with E-state index in [0.29, 0.717) is 11.6 Å². The molecule has 1 aliphatic rings. The Balaban J connectivity index is 2.14. The summed E-state index contributed by atoms with van der Waals surface area (Å²) >= 11 is 0. The molecule has 1 N–H and O–H groups in total. The number of hydrogen-bond acceptors (Lipinski definition) is 3. The average Bonchev–Trinajstić information content (AvgIpc) is 2.47. The predicted molar refractivity (Wildman–Crippen MR) is 75.7 cm³/mol. The van der Waals surface area contributed by atoms with E-state index < -0.39 is 0 Å². The zero-order valence-electron chi connectivity index (χ0n) is 11.9. The van der Waals surface area contributed by atoms with E-state index in [-0.39, 0.29) is 5.91 Å². The molecule has 1 heterocycles. The van der Waals surface area contributed by atoms with Crippen LogP contribution >= 0.6 is 0 Å². The normalized spacial score (nSPS) is 16.2. The minimum Gasteiger partial charge on any atom is -0.496 e. The molecule has 2 rings (SSSR count). The summed E-state index contributed by atoms with van der Waals surface area (Å²) < 4.78 is 5.28. The summed E-state index contributed by atoms with van der Waals surface area (Å²) in [6.45, 7) is 3.95. The number of piperidine rings is 1. The van der Waals surface area contributed by atoms with Crippen LogP contribution in [0.25, 0.3) is 0 Å². The van der Waals surface area contributed by atoms with Gasteiger partial charge >= 0.3 is 0 Å². The van der Waals surface area contributed by atoms with Crippen LogP contribution in [-0.4, -0.2) is 44.1 Å². The van der Waals surface area contributed by atoms with Crippen LogP contribution in [0.2, 0.25) is 0 Å². The zero-order valence-corrected chi connectivity index (χ0v) is 11.9. The van der Waals surface area contributed by atoms with Gasteiger partial charge < -0.3 is 15.0 Å². The molecule has 0 radical (unpaired) electrons. The maximum absolute atomic E-state index is 12.5. The van der Waals surface area contributed by atoms with Gasteiger partial charge in [-0.2, -0.15) is 0 Å². The van der Waals surface area contributed by atoms with Gasteiger partial charge in [-0.15, -0.1) is 0 Å². The quantitative estimate of drug-likeness (QED) is 0.903. The Hall–Kier alpha value is -1.55. The van der Waals surface area contributed by atoms with E-state index in [4.69, 9.17) is 4.74 Å². The van der Waals surface area contributed by atoms with Crippen molar-refractivity contribution in [1.29, 1.82) is 0 Å². The van der Waals surface area contributed by atoms with E-state index in [0.717, 1.165) is 37.2 Å². The third-order valence-corrected chi connectivity index (χ3v) is 3.83. The molecular formula is C15H22N2O2. The number of aryl methyl sites for hydroxylation is 1. The van der Waals surface area contributed by atoms with Gasteiger partial charge in [0.05, 0.1) is 7.11 Å². The maximum Gasteiger partial charge on any atom is 0.253 e. The zero-order chi connectivity index (χ0) is 13.8. The molecule has 4 nitrogen and oxygen atoms in total. The third kappa shape index (κ3) is 3.07. The van der Waals surface area contributed by atoms with Gasteiger partial charge in [0.15, 0.2) is 0 Å². The number of carbonyl (C=O) groups excluding carboxylic acids is 1. The number of methoxy groups -OCH3 is 1. The maximum atomic E-state index is 12.5. The van der Waals surface area contributed by atoms with E-state index in [1.54, 1.807) is 7.11 Å². The lowest BCUT2D eigenvalue weighted by molar-refractivity contribution is 0.0703. The largest absolute Gasteiger partial charge is 0.496 e. The Kier molecular flexibility index (Phi) is 4.43. The highest BCUT2D eigenvalue weighted by Gasteiger charge is 2.23. The van der Waals surface area contributed by atoms with Crippen LogP contribution in [0.3, 0.4) is 0 Å². The highest BCUT2D eigenvalue weighted by Crippen LogP contribution is 2.21. The summed E-state index contributed by atoms with van der Waals surface area (Å²) in [4.78, 5) is 14.3. The van der Waals surface area contributed by atoms with E-state index >= 15 is 0 Å². The summed E-state index contributed by atoms with van der Waals surface area (Å²) in [5, 5.41) is 3.32. The lowest BCUT2D eigenvalue weighted by Gasteiger charge is -2.31. The summed E-state index contributed by atoms with van der Waals surface area (Å²) in [6, 6.07) is 5.97. The monoisotopic (exact) mass is 262 g/mol. The predicted octanol–water partition coefficient (Wildman–Crippen LogP) is 1.83. The average molecular weight is 262 g/mol. The van der Waals surface area contributed by atoms with Crippen LogP contribution in [0.5, 0.6) is 5.75 Å². The molecule has 0 spiro atoms. The molecular weight excluding hydrogens is 240 g/mol. The first-order chi connectivity index (χ1) is 9.13. The van der Waals surface area contributed by atoms with Gasteiger partial charge in [0.25, 0.3) is 5.91 Å². The van der Waals surface area contributed by atoms with Gasteiger partial charge in [0, 0.05) is 18.7 Å². The van der Waals surface area contributed by atoms with E-state index in [1.807, 2.05) is 37.1 Å². The van der Waals surface area contributed by atoms with Gasteiger partial charge in [-0.25, -0.2) is 0 Å². The highest BCUT2D eigenvalue weighted by molar-refractivity contribution is 5.94. The smallest absolute Gasteiger partial charge is 0.253 e. The van der Waals surface area contributed by atoms with Crippen LogP contribution in [0.15, 0.2) is 18.2 Å². The van der Waals surface area contributed by atoms with E-state index in [2.05, 4.69) is 5.32 Å². The molecule has 1 aromatic rings. The molecule has 1 amide bonds. The lowest BCUT2D eigenvalue weighted by atomic mass is 10.0. The van der Waals surface area contributed by atoms with Crippen molar-refractivity contribution in [2.75, 3.05) is 27.2 Å². The van der Waals surface area contributed by atoms with Gasteiger partial charge in [-0.1, -0.05) is 6.07 Å². The molecule has 4 heteroatoms. The van der Waals surface area contributed by atoms with Crippen molar-refractivity contribution < 1.29 is 9.53 Å². The second kappa shape index (κ2) is 6.06. The number of rotatable bonds is 3. The van der Waals surface area contributed by atoms with Crippen LogP contribution in [-0.2, 0) is 0 Å². The van der Waals surface area contributed by atoms with Crippen molar-refractivity contribution in [2.45, 2.75) is 25.8 Å². The standard InChI is InChI=1S/C15H22N2O2/c1-11-4-5-12(10-14(11)19-3)15(18)17(2)13-6-8-16-9-7-13/h4-5,10,13,16H,6-9H2,1-3H3. The number of ether oxygens (including phenoxy) is 1. The fraction of sp³-hybridized carbons (Fsp3) is 0.533. The van der Waals surface area contributed by atoms with Gasteiger partial charge in [0.2, 0.25) is 0 Å². The first kappa shape index (κ1) is 13.9. The molecule has 1 fully saturated rings. The molecule has 1 saturated heterocycles. The van der Waals surface area contributed by atoms with E-state index in [1.165, 1.54) is 0 Å². The van der Waals surface area contributed by atoms with Gasteiger partial charge in [-0.05, 0) is 50.6 Å². The molecule has 0 atom stereocenters. The first-order valence-corrected chi connectivity index (χ1v) is 6.76. The Morgan fingerprint density at radius 3 is 2.68 bits per heavy atom. The lowest BCUT2D eigenvalue weighted by Crippen LogP contribution is -2.43. The molecule has 0 aliphatic carbocycles. The Bertz CT molecular complexity index is 453. The summed E-state index contributed by atoms with van der Waals surface area (Å²) in [5.74, 6) is 0.842. The van der Waals surface area contributed by atoms with Gasteiger partial charge in [-0.3, -0.25) is 4.79 Å². The number of nitrogens with zero attached hydrogens (tertiary/aromatic N) is 1. The Labute approximate surface area is 114 Å². The Morgan fingerprint density at radius 1 is 1.37 bits per heavy atom. The summed E-state index contributed by atoms with van der Waals surface area (Å²) in [6.07, 6.45) is 2.04. The SMILES string of the molecule is COc1cc(C(=O)N(C)C2CCNCC2)ccc1C. The highest BCUT2D eigenvalue weighted by atomic mass is 16.5. The minimum absolute atomic E-state index is 0.0743. The van der Waals surface area contributed by atoms with Crippen LogP contribution in [0.1, 0.15) is 28.8 Å². The van der Waals surface area contributed by atoms with Crippen molar-refractivity contribution in [3.63, 3.8) is 0 Å². The van der Waals surface area contributed by atoms with Crippen LogP contribution in [0.4, 0.5) is 0 Å². The van der Waals surface area contributed by atoms with Crippen molar-refractivity contribution >= 4 is 5.91 Å². The number of benzene rings is 1. The topological polar surface area (TPSA) is 41.6 Å². The molecule has 1 aromatic carbocycles. The number of nitrogens with one attached hydrogen (secondary N) is 1. The molecule has 0 bridgehead atoms. The molecule has 1 aliphatic heterocycles. The summed E-state index contributed by atoms with van der Waals surface area (Å²) in [5.41, 5.74) is 1.74. The fourth-order valence-electron chi connectivity index (χ4n) is 2.52. The molecule has 0 aromatic heterocycles. The minimum atomic E-state index is 0.0743. The number of hydrogen-bond donors (Lipinski definition) is 1. The third-order valence-electron chi connectivity index (χ3n) is 3.83. The second-order valence-electron chi connectivity index (χ2n) is 5.08. The summed E-state index contributed by atoms with van der Waals surface area (Å²) in [7, 11) is 3.53. The van der Waals surface area contributed by atoms with Gasteiger partial charge in [0.1, 0.15) is 5.75 Å². The van der Waals surface area contributed by atoms with Crippen molar-refractivity contribution in [3.05, 3.63) is 29.3 Å². The number of amides is 1. The molecule has 19 heavy (non-hydrogen) atoms. The van der Waals surface area contributed by atoms with Crippen LogP contribution < -0.4 is 10.1 Å². The van der Waals surface area contributed by atoms with Crippen molar-refractivity contribution in [3.8, 4) is 5.75 Å². The first-order valence-electron chi connectivity index (χ1n) is 6.76. The van der Waals surface area contributed by atoms with Crippen molar-refractivity contribution in [1.82, 2.24) is 10.2 Å². The Morgan fingerprint density at radius 2 is 2.05 bits per heavy atom. The number of carbonyl (C=O) groups is 1. The van der Waals surface area contributed by atoms with Crippen molar-refractivity contribution in [2.24, 2.45) is 0 Å². The molecule has 0 unspecified atom stereocenters.